The van der Waals surface area contributed by atoms with Crippen LogP contribution in [0.25, 0.3) is 0 Å². The number of nitrogens with zero attached hydrogens (tertiary/aromatic N) is 2. The largest absolute Gasteiger partial charge is 0.299 e. The summed E-state index contributed by atoms with van der Waals surface area (Å²) in [5.41, 5.74) is 1.71. The van der Waals surface area contributed by atoms with E-state index in [0.29, 0.717) is 12.1 Å². The lowest BCUT2D eigenvalue weighted by Gasteiger charge is -2.32. The highest BCUT2D eigenvalue weighted by Gasteiger charge is 2.21. The molecule has 0 aromatic heterocycles. The number of nitrogens with one attached hydrogen (secondary N) is 1. The van der Waals surface area contributed by atoms with Gasteiger partial charge in [0, 0.05) is 19.6 Å². The van der Waals surface area contributed by atoms with Gasteiger partial charge in [0.05, 0.1) is 11.6 Å². The minimum absolute atomic E-state index is 0.256. The minimum atomic E-state index is -3.62. The Balaban J connectivity index is 1.94. The van der Waals surface area contributed by atoms with Gasteiger partial charge in [-0.05, 0) is 36.9 Å². The molecule has 1 aromatic carbocycles. The maximum Gasteiger partial charge on any atom is 0.274 e. The van der Waals surface area contributed by atoms with Crippen LogP contribution >= 0.6 is 0 Å². The average Bonchev–Trinajstić information content (AvgIpc) is 2.45. The molecule has 1 fully saturated rings. The molecule has 0 saturated carbocycles. The van der Waals surface area contributed by atoms with Crippen molar-refractivity contribution in [2.75, 3.05) is 19.6 Å². The molecule has 7 heteroatoms. The Labute approximate surface area is 125 Å². The summed E-state index contributed by atoms with van der Waals surface area (Å²) < 4.78 is 24.3. The summed E-state index contributed by atoms with van der Waals surface area (Å²) in [5.74, 6) is 0.256. The van der Waals surface area contributed by atoms with Crippen molar-refractivity contribution in [3.05, 3.63) is 35.4 Å². The summed E-state index contributed by atoms with van der Waals surface area (Å²) in [6, 6.07) is 9.78. The Morgan fingerprint density at radius 2 is 2.19 bits per heavy atom. The van der Waals surface area contributed by atoms with Crippen LogP contribution in [-0.4, -0.2) is 33.0 Å². The quantitative estimate of drug-likeness (QED) is 0.830. The Morgan fingerprint density at radius 1 is 1.43 bits per heavy atom. The maximum absolute atomic E-state index is 10.9. The van der Waals surface area contributed by atoms with Crippen molar-refractivity contribution in [2.24, 2.45) is 11.1 Å². The van der Waals surface area contributed by atoms with Gasteiger partial charge in [-0.3, -0.25) is 4.90 Å². The first kappa shape index (κ1) is 15.9. The van der Waals surface area contributed by atoms with E-state index in [1.165, 1.54) is 0 Å². The summed E-state index contributed by atoms with van der Waals surface area (Å²) >= 11 is 0. The van der Waals surface area contributed by atoms with E-state index in [4.69, 9.17) is 10.4 Å². The van der Waals surface area contributed by atoms with Crippen LogP contribution in [0.1, 0.15) is 24.0 Å². The third kappa shape index (κ3) is 5.10. The molecule has 114 valence electrons. The van der Waals surface area contributed by atoms with Gasteiger partial charge in [-0.15, -0.1) is 0 Å². The van der Waals surface area contributed by atoms with Gasteiger partial charge in [-0.25, -0.2) is 9.86 Å². The van der Waals surface area contributed by atoms with Crippen LogP contribution < -0.4 is 9.86 Å². The van der Waals surface area contributed by atoms with Gasteiger partial charge in [-0.1, -0.05) is 18.2 Å². The first-order valence-electron chi connectivity index (χ1n) is 6.95. The standard InChI is InChI=1S/C14H20N4O2S/c15-8-13-5-1-2-6-14(13)11-18-7-3-4-12(10-18)9-17-21(16,19)20/h1-2,5-6,12,17H,3-4,7,9-11H2,(H2,16,19,20)/t12-/m1/s1. The monoisotopic (exact) mass is 308 g/mol. The molecule has 6 nitrogen and oxygen atoms in total. The van der Waals surface area contributed by atoms with Crippen molar-refractivity contribution >= 4 is 10.2 Å². The van der Waals surface area contributed by atoms with Gasteiger partial charge < -0.3 is 0 Å². The summed E-state index contributed by atoms with van der Waals surface area (Å²) in [5, 5.41) is 14.1. The molecule has 0 aliphatic carbocycles. The van der Waals surface area contributed by atoms with Crippen LogP contribution in [0.5, 0.6) is 0 Å². The van der Waals surface area contributed by atoms with Gasteiger partial charge in [0.25, 0.3) is 10.2 Å². The fourth-order valence-corrected chi connectivity index (χ4v) is 3.17. The van der Waals surface area contributed by atoms with Crippen LogP contribution in [0.3, 0.4) is 0 Å². The van der Waals surface area contributed by atoms with Crippen molar-refractivity contribution in [2.45, 2.75) is 19.4 Å². The number of hydrogen-bond donors (Lipinski definition) is 2. The molecule has 3 N–H and O–H groups in total. The van der Waals surface area contributed by atoms with Crippen molar-refractivity contribution in [1.82, 2.24) is 9.62 Å². The first-order chi connectivity index (χ1) is 9.98. The Morgan fingerprint density at radius 3 is 2.90 bits per heavy atom. The van der Waals surface area contributed by atoms with E-state index in [-0.39, 0.29) is 5.92 Å². The second kappa shape index (κ2) is 7.00. The Hall–Kier alpha value is -1.46. The fraction of sp³-hybridized carbons (Fsp3) is 0.500. The zero-order valence-corrected chi connectivity index (χ0v) is 12.6. The molecule has 0 amide bonds. The third-order valence-electron chi connectivity index (χ3n) is 3.71. The van der Waals surface area contributed by atoms with E-state index in [1.807, 2.05) is 24.3 Å². The number of likely N-dealkylation sites (tertiary alicyclic amines) is 1. The van der Waals surface area contributed by atoms with Gasteiger partial charge >= 0.3 is 0 Å². The number of hydrogen-bond acceptors (Lipinski definition) is 4. The van der Waals surface area contributed by atoms with Crippen LogP contribution in [0, 0.1) is 17.2 Å². The fourth-order valence-electron chi connectivity index (χ4n) is 2.70. The van der Waals surface area contributed by atoms with Crippen molar-refractivity contribution in [1.29, 1.82) is 5.26 Å². The van der Waals surface area contributed by atoms with Crippen LogP contribution in [0.15, 0.2) is 24.3 Å². The molecule has 1 heterocycles. The number of rotatable bonds is 5. The number of benzene rings is 1. The lowest BCUT2D eigenvalue weighted by Crippen LogP contribution is -2.42. The normalized spacial score (nSPS) is 20.1. The molecule has 1 atom stereocenters. The maximum atomic E-state index is 10.9. The van der Waals surface area contributed by atoms with Crippen LogP contribution in [-0.2, 0) is 16.8 Å². The summed E-state index contributed by atoms with van der Waals surface area (Å²) in [7, 11) is -3.62. The van der Waals surface area contributed by atoms with Gasteiger partial charge in [0.15, 0.2) is 0 Å². The lowest BCUT2D eigenvalue weighted by atomic mass is 9.97. The van der Waals surface area contributed by atoms with E-state index in [2.05, 4.69) is 15.7 Å². The topological polar surface area (TPSA) is 99.2 Å². The molecule has 1 aromatic rings. The second-order valence-electron chi connectivity index (χ2n) is 5.41. The van der Waals surface area contributed by atoms with E-state index < -0.39 is 10.2 Å². The average molecular weight is 308 g/mol. The number of nitriles is 1. The molecule has 21 heavy (non-hydrogen) atoms. The summed E-state index contributed by atoms with van der Waals surface area (Å²) in [6.45, 7) is 2.86. The minimum Gasteiger partial charge on any atom is -0.299 e. The summed E-state index contributed by atoms with van der Waals surface area (Å²) in [4.78, 5) is 2.26. The lowest BCUT2D eigenvalue weighted by molar-refractivity contribution is 0.169. The molecule has 0 spiro atoms. The molecule has 1 aliphatic rings. The van der Waals surface area contributed by atoms with E-state index in [0.717, 1.165) is 38.0 Å². The van der Waals surface area contributed by atoms with Crippen molar-refractivity contribution in [3.63, 3.8) is 0 Å². The van der Waals surface area contributed by atoms with Crippen LogP contribution in [0.4, 0.5) is 0 Å². The smallest absolute Gasteiger partial charge is 0.274 e. The molecular formula is C14H20N4O2S. The molecule has 0 radical (unpaired) electrons. The van der Waals surface area contributed by atoms with E-state index in [1.54, 1.807) is 0 Å². The van der Waals surface area contributed by atoms with Crippen molar-refractivity contribution < 1.29 is 8.42 Å². The molecule has 0 unspecified atom stereocenters. The van der Waals surface area contributed by atoms with E-state index >= 15 is 0 Å². The molecule has 1 aliphatic heterocycles. The predicted molar refractivity (Wildman–Crippen MR) is 80.3 cm³/mol. The summed E-state index contributed by atoms with van der Waals surface area (Å²) in [6.07, 6.45) is 2.00. The van der Waals surface area contributed by atoms with Gasteiger partial charge in [-0.2, -0.15) is 13.7 Å². The molecular weight excluding hydrogens is 288 g/mol. The Kier molecular flexibility index (Phi) is 5.31. The predicted octanol–water partition coefficient (Wildman–Crippen LogP) is 0.563. The van der Waals surface area contributed by atoms with Crippen LogP contribution in [0.2, 0.25) is 0 Å². The molecule has 0 bridgehead atoms. The number of piperidine rings is 1. The molecule has 2 rings (SSSR count). The highest BCUT2D eigenvalue weighted by Crippen LogP contribution is 2.19. The first-order valence-corrected chi connectivity index (χ1v) is 8.50. The second-order valence-corrected chi connectivity index (χ2v) is 6.78. The van der Waals surface area contributed by atoms with Gasteiger partial charge in [0.2, 0.25) is 0 Å². The highest BCUT2D eigenvalue weighted by molar-refractivity contribution is 7.87. The number of nitrogens with two attached hydrogens (primary N) is 1. The van der Waals surface area contributed by atoms with E-state index in [9.17, 15) is 8.42 Å². The highest BCUT2D eigenvalue weighted by atomic mass is 32.2. The molecule has 1 saturated heterocycles. The van der Waals surface area contributed by atoms with Crippen molar-refractivity contribution in [3.8, 4) is 6.07 Å². The zero-order chi connectivity index (χ0) is 15.3. The zero-order valence-electron chi connectivity index (χ0n) is 11.8. The SMILES string of the molecule is N#Cc1ccccc1CN1CCC[C@H](CNS(N)(=O)=O)C1. The third-order valence-corrected chi connectivity index (χ3v) is 4.28. The van der Waals surface area contributed by atoms with Gasteiger partial charge in [0.1, 0.15) is 0 Å². The Bertz CT molecular complexity index is 624.